The van der Waals surface area contributed by atoms with Gasteiger partial charge in [-0.05, 0) is 0 Å². The molecule has 2 atom stereocenters. The summed E-state index contributed by atoms with van der Waals surface area (Å²) in [6.45, 7) is 0. The first-order valence-corrected chi connectivity index (χ1v) is 15.5. The van der Waals surface area contributed by atoms with Gasteiger partial charge in [-0.25, -0.2) is 0 Å². The Bertz CT molecular complexity index is 1400. The molecule has 2 aromatic heterocycles. The van der Waals surface area contributed by atoms with Crippen LogP contribution in [0.15, 0.2) is 58.0 Å². The van der Waals surface area contributed by atoms with Crippen molar-refractivity contribution in [3.63, 3.8) is 0 Å². The van der Waals surface area contributed by atoms with Crippen molar-refractivity contribution in [2.75, 3.05) is 0 Å². The Morgan fingerprint density at radius 2 is 1.94 bits per heavy atom. The molecule has 0 radical (unpaired) electrons. The van der Waals surface area contributed by atoms with E-state index in [0.29, 0.717) is 5.58 Å². The predicted molar refractivity (Wildman–Crippen MR) is 121 cm³/mol. The Morgan fingerprint density at radius 3 is 2.77 bits per heavy atom. The quantitative estimate of drug-likeness (QED) is 0.390. The number of rotatable bonds is 6. The van der Waals surface area contributed by atoms with E-state index in [9.17, 15) is 18.3 Å². The number of hydrogen-bond donors (Lipinski definition) is 2. The van der Waals surface area contributed by atoms with Gasteiger partial charge in [0.15, 0.2) is 0 Å². The summed E-state index contributed by atoms with van der Waals surface area (Å²) in [5.74, 6) is -0.113. The summed E-state index contributed by atoms with van der Waals surface area (Å²) < 4.78 is 31.4. The van der Waals surface area contributed by atoms with Gasteiger partial charge in [0.25, 0.3) is 0 Å². The first-order valence-electron chi connectivity index (χ1n) is 10.3. The number of carboxylic acids is 1. The van der Waals surface area contributed by atoms with Gasteiger partial charge in [0.2, 0.25) is 0 Å². The number of aryl methyl sites for hydroxylation is 2. The summed E-state index contributed by atoms with van der Waals surface area (Å²) in [4.78, 5) is 15.2. The number of nitrogens with one attached hydrogen (secondary N) is 1. The van der Waals surface area contributed by atoms with Crippen LogP contribution in [-0.4, -0.2) is 39.1 Å². The van der Waals surface area contributed by atoms with Gasteiger partial charge >= 0.3 is 186 Å². The van der Waals surface area contributed by atoms with E-state index >= 15 is 0 Å². The molecule has 2 aromatic carbocycles. The molecule has 8 heteroatoms. The van der Waals surface area contributed by atoms with Crippen LogP contribution in [0.2, 0.25) is 4.71 Å². The van der Waals surface area contributed by atoms with Crippen molar-refractivity contribution >= 4 is 50.5 Å². The zero-order valence-electron chi connectivity index (χ0n) is 16.7. The summed E-state index contributed by atoms with van der Waals surface area (Å²) in [6, 6.07) is 12.6. The molecule has 5 rings (SSSR count). The van der Waals surface area contributed by atoms with Crippen LogP contribution in [0.5, 0.6) is 0 Å². The van der Waals surface area contributed by atoms with E-state index in [0.717, 1.165) is 53.3 Å². The van der Waals surface area contributed by atoms with E-state index in [2.05, 4.69) is 4.98 Å². The molecule has 0 aliphatic heterocycles. The van der Waals surface area contributed by atoms with E-state index < -0.39 is 33.4 Å². The number of aliphatic carboxylic acids is 1. The third-order valence-electron chi connectivity index (χ3n) is 5.93. The average Bonchev–Trinajstić information content (AvgIpc) is 3.34. The zero-order chi connectivity index (χ0) is 21.6. The Hall–Kier alpha value is -2.50. The molecule has 160 valence electrons. The number of carbonyl (C=O) groups is 1. The third kappa shape index (κ3) is 3.81. The molecule has 1 aliphatic carbocycles. The van der Waals surface area contributed by atoms with Gasteiger partial charge in [-0.2, -0.15) is 0 Å². The SMILES string of the molecule is O=C(O)C(Cc1c[nH]c2ccccc12)[AsH]S(=O)(=O)c1ccc2c3c(oc2c1)CCCC3. The Labute approximate surface area is 185 Å². The number of H-pyrrole nitrogens is 1. The molecule has 0 saturated heterocycles. The van der Waals surface area contributed by atoms with Crippen molar-refractivity contribution in [3.8, 4) is 0 Å². The van der Waals surface area contributed by atoms with Crippen molar-refractivity contribution in [1.82, 2.24) is 4.98 Å². The number of furan rings is 1. The van der Waals surface area contributed by atoms with Gasteiger partial charge < -0.3 is 0 Å². The first-order chi connectivity index (χ1) is 14.9. The first kappa shape index (κ1) is 20.4. The van der Waals surface area contributed by atoms with Gasteiger partial charge in [-0.3, -0.25) is 0 Å². The maximum atomic E-state index is 13.2. The molecule has 0 bridgehead atoms. The molecule has 0 fully saturated rings. The second-order valence-corrected chi connectivity index (χ2v) is 16.0. The maximum absolute atomic E-state index is 13.2. The van der Waals surface area contributed by atoms with E-state index in [4.69, 9.17) is 4.42 Å². The summed E-state index contributed by atoms with van der Waals surface area (Å²) in [5, 5.41) is 11.7. The number of aromatic amines is 1. The molecule has 31 heavy (non-hydrogen) atoms. The van der Waals surface area contributed by atoms with Crippen molar-refractivity contribution in [3.05, 3.63) is 65.5 Å². The zero-order valence-corrected chi connectivity index (χ0v) is 19.6. The summed E-state index contributed by atoms with van der Waals surface area (Å²) in [7, 11) is -3.68. The van der Waals surface area contributed by atoms with Crippen LogP contribution >= 0.6 is 0 Å². The van der Waals surface area contributed by atoms with Crippen molar-refractivity contribution in [2.24, 2.45) is 0 Å². The van der Waals surface area contributed by atoms with Crippen LogP contribution in [0.3, 0.4) is 0 Å². The van der Waals surface area contributed by atoms with Gasteiger partial charge in [0, 0.05) is 0 Å². The Morgan fingerprint density at radius 1 is 1.13 bits per heavy atom. The van der Waals surface area contributed by atoms with Gasteiger partial charge in [0.1, 0.15) is 0 Å². The van der Waals surface area contributed by atoms with Crippen molar-refractivity contribution in [1.29, 1.82) is 0 Å². The van der Waals surface area contributed by atoms with Crippen LogP contribution in [0.1, 0.15) is 29.7 Å². The van der Waals surface area contributed by atoms with E-state index in [1.165, 1.54) is 5.56 Å². The summed E-state index contributed by atoms with van der Waals surface area (Å²) in [6.07, 6.45) is 5.99. The Kier molecular flexibility index (Phi) is 5.19. The molecule has 0 amide bonds. The van der Waals surface area contributed by atoms with E-state index in [1.807, 2.05) is 30.3 Å². The molecule has 2 unspecified atom stereocenters. The van der Waals surface area contributed by atoms with Crippen LogP contribution < -0.4 is 0 Å². The minimum absolute atomic E-state index is 0.163. The fourth-order valence-corrected chi connectivity index (χ4v) is 11.2. The number of hydrogen-bond acceptors (Lipinski definition) is 4. The van der Waals surface area contributed by atoms with Crippen LogP contribution in [-0.2, 0) is 32.2 Å². The third-order valence-corrected chi connectivity index (χ3v) is 13.6. The molecule has 1 aliphatic rings. The van der Waals surface area contributed by atoms with Gasteiger partial charge in [-0.15, -0.1) is 0 Å². The fraction of sp³-hybridized carbons (Fsp3) is 0.261. The van der Waals surface area contributed by atoms with Gasteiger partial charge in [-0.1, -0.05) is 0 Å². The minimum atomic E-state index is -3.68. The molecule has 4 aromatic rings. The number of carboxylic acid groups (broad SMARTS) is 1. The molecule has 0 spiro atoms. The summed E-state index contributed by atoms with van der Waals surface area (Å²) in [5.41, 5.74) is 3.51. The standard InChI is InChI=1S/C23H22AsNO5S/c26-23(27)19(11-14-13-25-20-7-3-1-5-16(14)20)24-31(28,29)15-9-10-18-17-6-2-4-8-21(17)30-22(18)12-15/h1,3,5,7,9-10,12-13,19,24-25H,2,4,6,8,11H2,(H,26,27). The second-order valence-electron chi connectivity index (χ2n) is 7.94. The summed E-state index contributed by atoms with van der Waals surface area (Å²) >= 11 is -1.87. The van der Waals surface area contributed by atoms with E-state index in [-0.39, 0.29) is 11.3 Å². The van der Waals surface area contributed by atoms with Crippen LogP contribution in [0.25, 0.3) is 21.9 Å². The molecule has 2 N–H and O–H groups in total. The second kappa shape index (κ2) is 7.88. The van der Waals surface area contributed by atoms with Crippen LogP contribution in [0.4, 0.5) is 0 Å². The van der Waals surface area contributed by atoms with Gasteiger partial charge in [0.05, 0.1) is 0 Å². The van der Waals surface area contributed by atoms with Crippen molar-refractivity contribution < 1.29 is 22.7 Å². The number of aromatic nitrogens is 1. The number of benzene rings is 2. The van der Waals surface area contributed by atoms with Crippen molar-refractivity contribution in [2.45, 2.75) is 41.7 Å². The number of para-hydroxylation sites is 1. The average molecular weight is 499 g/mol. The Balaban J connectivity index is 1.44. The molecule has 0 saturated carbocycles. The normalized spacial score (nSPS) is 15.6. The molecule has 2 heterocycles. The number of fused-ring (bicyclic) bond motifs is 4. The topological polar surface area (TPSA) is 100 Å². The molecular formula is C23H22AsNO5S. The predicted octanol–water partition coefficient (Wildman–Crippen LogP) is 4.03. The van der Waals surface area contributed by atoms with E-state index in [1.54, 1.807) is 18.3 Å². The fourth-order valence-electron chi connectivity index (χ4n) is 4.37. The molecule has 6 nitrogen and oxygen atoms in total. The van der Waals surface area contributed by atoms with Crippen LogP contribution in [0, 0.1) is 0 Å². The monoisotopic (exact) mass is 499 g/mol. The molecular weight excluding hydrogens is 477 g/mol.